The van der Waals surface area contributed by atoms with E-state index >= 15 is 4.39 Å². The van der Waals surface area contributed by atoms with E-state index in [1.807, 2.05) is 102 Å². The Labute approximate surface area is 307 Å². The number of fused-ring (bicyclic) bond motifs is 1. The molecule has 6 aromatic rings. The molecule has 2 amide bonds. The van der Waals surface area contributed by atoms with Crippen LogP contribution in [0.15, 0.2) is 127 Å². The van der Waals surface area contributed by atoms with Gasteiger partial charge in [0.25, 0.3) is 0 Å². The van der Waals surface area contributed by atoms with Crippen LogP contribution in [0.2, 0.25) is 0 Å². The van der Waals surface area contributed by atoms with Crippen LogP contribution >= 0.6 is 0 Å². The Bertz CT molecular complexity index is 2160. The van der Waals surface area contributed by atoms with Crippen molar-refractivity contribution in [3.63, 3.8) is 0 Å². The van der Waals surface area contributed by atoms with Gasteiger partial charge >= 0.3 is 6.09 Å². The third kappa shape index (κ3) is 7.46. The van der Waals surface area contributed by atoms with Gasteiger partial charge in [0.2, 0.25) is 5.91 Å². The molecule has 1 saturated carbocycles. The number of carbonyl (C=O) groups is 2. The third-order valence-corrected chi connectivity index (χ3v) is 9.30. The van der Waals surface area contributed by atoms with Gasteiger partial charge in [-0.2, -0.15) is 5.10 Å². The molecule has 0 spiro atoms. The molecule has 1 aliphatic rings. The van der Waals surface area contributed by atoms with E-state index in [0.29, 0.717) is 16.6 Å². The Hall–Kier alpha value is -6.09. The number of alkyl carbamates (subject to hydrolysis) is 1. The first kappa shape index (κ1) is 35.3. The molecule has 1 fully saturated rings. The van der Waals surface area contributed by atoms with Gasteiger partial charge in [-0.3, -0.25) is 4.79 Å². The Balaban J connectivity index is 1.41. The molecular formula is C44H40F2N4O3. The van der Waals surface area contributed by atoms with Crippen molar-refractivity contribution in [3.05, 3.63) is 167 Å². The van der Waals surface area contributed by atoms with Crippen molar-refractivity contribution < 1.29 is 23.1 Å². The molecule has 1 unspecified atom stereocenters. The highest BCUT2D eigenvalue weighted by molar-refractivity contribution is 6.00. The zero-order valence-corrected chi connectivity index (χ0v) is 29.7. The van der Waals surface area contributed by atoms with Crippen LogP contribution < -0.4 is 10.6 Å². The number of carbonyl (C=O) groups excluding carboxylic acids is 2. The number of benzene rings is 5. The maximum atomic E-state index is 16.5. The van der Waals surface area contributed by atoms with Gasteiger partial charge in [0, 0.05) is 11.5 Å². The maximum absolute atomic E-state index is 16.5. The number of aromatic nitrogens is 2. The van der Waals surface area contributed by atoms with E-state index in [1.54, 1.807) is 45.0 Å². The van der Waals surface area contributed by atoms with E-state index in [9.17, 15) is 14.0 Å². The SMILES string of the molecule is CC(C)(C)OC(=O)NC(C(=O)Nc1cc2c(C=Cc3ccc(F)cc3)nn(C(c3ccccc3)(c3ccccc3)c3ccccc3)c2cc1F)C1CC1. The standard InChI is InChI=1S/C44H40F2N4O3/c1-43(2,3)53-42(52)48-40(30-22-23-30)41(51)47-38-27-35-37(26-21-29-19-24-34(45)25-20-29)49-50(39(35)28-36(38)46)44(31-13-7-4-8-14-31,32-15-9-5-10-16-32)33-17-11-6-12-18-33/h4-21,24-28,30,40H,22-23H2,1-3H3,(H,47,51)(H,48,52). The summed E-state index contributed by atoms with van der Waals surface area (Å²) in [5.41, 5.74) is 2.54. The summed E-state index contributed by atoms with van der Waals surface area (Å²) in [5, 5.41) is 11.2. The number of nitrogens with zero attached hydrogens (tertiary/aromatic N) is 2. The summed E-state index contributed by atoms with van der Waals surface area (Å²) in [6, 6.07) is 38.0. The molecule has 9 heteroatoms. The first-order chi connectivity index (χ1) is 25.5. The number of nitrogens with one attached hydrogen (secondary N) is 2. The second kappa shape index (κ2) is 14.5. The zero-order valence-electron chi connectivity index (χ0n) is 29.7. The lowest BCUT2D eigenvalue weighted by atomic mass is 9.77. The third-order valence-electron chi connectivity index (χ3n) is 9.30. The van der Waals surface area contributed by atoms with Crippen LogP contribution in [0.1, 0.15) is 61.6 Å². The summed E-state index contributed by atoms with van der Waals surface area (Å²) in [6.45, 7) is 5.23. The maximum Gasteiger partial charge on any atom is 0.408 e. The molecule has 5 aromatic carbocycles. The zero-order chi connectivity index (χ0) is 37.2. The van der Waals surface area contributed by atoms with Crippen molar-refractivity contribution in [2.45, 2.75) is 50.8 Å². The number of rotatable bonds is 10. The van der Waals surface area contributed by atoms with Crippen LogP contribution in [0.5, 0.6) is 0 Å². The minimum Gasteiger partial charge on any atom is -0.444 e. The second-order valence-corrected chi connectivity index (χ2v) is 14.3. The van der Waals surface area contributed by atoms with Crippen LogP contribution in [0.4, 0.5) is 19.3 Å². The van der Waals surface area contributed by atoms with Gasteiger partial charge in [0.1, 0.15) is 28.8 Å². The van der Waals surface area contributed by atoms with Crippen molar-refractivity contribution in [1.29, 1.82) is 0 Å². The molecular weight excluding hydrogens is 671 g/mol. The fraction of sp³-hybridized carbons (Fsp3) is 0.205. The van der Waals surface area contributed by atoms with Gasteiger partial charge < -0.3 is 15.4 Å². The van der Waals surface area contributed by atoms with Crippen molar-refractivity contribution >= 4 is 40.7 Å². The molecule has 53 heavy (non-hydrogen) atoms. The van der Waals surface area contributed by atoms with E-state index in [-0.39, 0.29) is 17.4 Å². The second-order valence-electron chi connectivity index (χ2n) is 14.3. The summed E-state index contributed by atoms with van der Waals surface area (Å²) < 4.78 is 37.5. The molecule has 0 saturated heterocycles. The van der Waals surface area contributed by atoms with Gasteiger partial charge in [0.15, 0.2) is 0 Å². The molecule has 1 aliphatic carbocycles. The fourth-order valence-corrected chi connectivity index (χ4v) is 6.76. The van der Waals surface area contributed by atoms with Gasteiger partial charge in [-0.15, -0.1) is 0 Å². The minimum absolute atomic E-state index is 0.0557. The van der Waals surface area contributed by atoms with Crippen LogP contribution in [-0.4, -0.2) is 33.4 Å². The highest BCUT2D eigenvalue weighted by Gasteiger charge is 2.42. The monoisotopic (exact) mass is 710 g/mol. The van der Waals surface area contributed by atoms with Crippen LogP contribution in [0, 0.1) is 17.6 Å². The number of halogens is 2. The van der Waals surface area contributed by atoms with E-state index in [4.69, 9.17) is 9.84 Å². The summed E-state index contributed by atoms with van der Waals surface area (Å²) in [6.07, 6.45) is 4.41. The van der Waals surface area contributed by atoms with Crippen LogP contribution in [-0.2, 0) is 15.1 Å². The largest absolute Gasteiger partial charge is 0.444 e. The smallest absolute Gasteiger partial charge is 0.408 e. The minimum atomic E-state index is -1.06. The highest BCUT2D eigenvalue weighted by atomic mass is 19.1. The number of ether oxygens (including phenoxy) is 1. The molecule has 7 nitrogen and oxygen atoms in total. The molecule has 2 N–H and O–H groups in total. The summed E-state index contributed by atoms with van der Waals surface area (Å²) in [7, 11) is 0. The number of anilines is 1. The lowest BCUT2D eigenvalue weighted by Crippen LogP contribution is -2.47. The first-order valence-electron chi connectivity index (χ1n) is 17.7. The number of hydrogen-bond donors (Lipinski definition) is 2. The Morgan fingerprint density at radius 2 is 1.34 bits per heavy atom. The van der Waals surface area contributed by atoms with E-state index < -0.39 is 35.0 Å². The molecule has 268 valence electrons. The predicted octanol–water partition coefficient (Wildman–Crippen LogP) is 9.57. The quantitative estimate of drug-likeness (QED) is 0.139. The summed E-state index contributed by atoms with van der Waals surface area (Å²) in [4.78, 5) is 26.4. The highest BCUT2D eigenvalue weighted by Crippen LogP contribution is 2.44. The molecule has 1 heterocycles. The normalized spacial score (nSPS) is 13.9. The van der Waals surface area contributed by atoms with Gasteiger partial charge in [-0.25, -0.2) is 18.3 Å². The van der Waals surface area contributed by atoms with Gasteiger partial charge in [-0.1, -0.05) is 109 Å². The van der Waals surface area contributed by atoms with Crippen LogP contribution in [0.25, 0.3) is 23.1 Å². The molecule has 1 atom stereocenters. The fourth-order valence-electron chi connectivity index (χ4n) is 6.76. The number of amides is 2. The van der Waals surface area contributed by atoms with E-state index in [2.05, 4.69) is 10.6 Å². The first-order valence-corrected chi connectivity index (χ1v) is 17.7. The van der Waals surface area contributed by atoms with Crippen molar-refractivity contribution in [3.8, 4) is 0 Å². The average Bonchev–Trinajstić information content (AvgIpc) is 3.94. The van der Waals surface area contributed by atoms with Crippen molar-refractivity contribution in [2.75, 3.05) is 5.32 Å². The summed E-state index contributed by atoms with van der Waals surface area (Å²) >= 11 is 0. The Kier molecular flexibility index (Phi) is 9.66. The van der Waals surface area contributed by atoms with Crippen LogP contribution in [0.3, 0.4) is 0 Å². The topological polar surface area (TPSA) is 85.2 Å². The molecule has 0 bridgehead atoms. The Morgan fingerprint density at radius 1 is 0.792 bits per heavy atom. The lowest BCUT2D eigenvalue weighted by molar-refractivity contribution is -0.118. The molecule has 7 rings (SSSR count). The average molecular weight is 711 g/mol. The predicted molar refractivity (Wildman–Crippen MR) is 204 cm³/mol. The van der Waals surface area contributed by atoms with Crippen molar-refractivity contribution in [2.24, 2.45) is 5.92 Å². The lowest BCUT2D eigenvalue weighted by Gasteiger charge is -2.37. The molecule has 1 aromatic heterocycles. The Morgan fingerprint density at radius 3 is 1.85 bits per heavy atom. The number of hydrogen-bond acceptors (Lipinski definition) is 4. The van der Waals surface area contributed by atoms with E-state index in [0.717, 1.165) is 35.1 Å². The van der Waals surface area contributed by atoms with Crippen molar-refractivity contribution in [1.82, 2.24) is 15.1 Å². The summed E-state index contributed by atoms with van der Waals surface area (Å²) in [5.74, 6) is -1.65. The van der Waals surface area contributed by atoms with Gasteiger partial charge in [0.05, 0.1) is 16.9 Å². The van der Waals surface area contributed by atoms with E-state index in [1.165, 1.54) is 18.2 Å². The molecule has 0 aliphatic heterocycles. The van der Waals surface area contributed by atoms with Gasteiger partial charge in [-0.05, 0) is 86.1 Å². The molecule has 0 radical (unpaired) electrons.